The summed E-state index contributed by atoms with van der Waals surface area (Å²) in [4.78, 5) is 11.6. The molecule has 0 radical (unpaired) electrons. The van der Waals surface area contributed by atoms with Gasteiger partial charge in [-0.15, -0.1) is 0 Å². The molecule has 0 spiro atoms. The van der Waals surface area contributed by atoms with E-state index < -0.39 is 5.60 Å². The molecule has 0 aromatic heterocycles. The summed E-state index contributed by atoms with van der Waals surface area (Å²) in [6.07, 6.45) is 1.80. The fraction of sp³-hybridized carbons (Fsp3) is 0.938. The molecule has 0 aliphatic carbocycles. The van der Waals surface area contributed by atoms with Crippen LogP contribution >= 0.6 is 0 Å². The minimum absolute atomic E-state index is 0.267. The first kappa shape index (κ1) is 18.3. The summed E-state index contributed by atoms with van der Waals surface area (Å²) in [5, 5.41) is 2.86. The second-order valence-corrected chi connectivity index (χ2v) is 7.22. The number of hydrogen-bond donors (Lipinski definition) is 1. The smallest absolute Gasteiger partial charge is 0.407 e. The van der Waals surface area contributed by atoms with Crippen LogP contribution in [0.2, 0.25) is 0 Å². The Morgan fingerprint density at radius 3 is 2.05 bits per heavy atom. The van der Waals surface area contributed by atoms with Gasteiger partial charge in [0.05, 0.1) is 0 Å². The molecule has 0 aliphatic rings. The van der Waals surface area contributed by atoms with Gasteiger partial charge in [-0.05, 0) is 44.4 Å². The molecule has 0 fully saturated rings. The lowest BCUT2D eigenvalue weighted by Gasteiger charge is -2.37. The van der Waals surface area contributed by atoms with E-state index in [1.54, 1.807) is 0 Å². The zero-order chi connectivity index (χ0) is 15.3. The Labute approximate surface area is 119 Å². The monoisotopic (exact) mass is 271 g/mol. The van der Waals surface area contributed by atoms with Crippen molar-refractivity contribution in [1.82, 2.24) is 5.32 Å². The lowest BCUT2D eigenvalue weighted by molar-refractivity contribution is 0.0508. The Morgan fingerprint density at radius 2 is 1.68 bits per heavy atom. The Balaban J connectivity index is 4.27. The van der Waals surface area contributed by atoms with Gasteiger partial charge in [0.15, 0.2) is 0 Å². The lowest BCUT2D eigenvalue weighted by atomic mass is 9.69. The molecule has 3 heteroatoms. The summed E-state index contributed by atoms with van der Waals surface area (Å²) < 4.78 is 5.24. The van der Waals surface area contributed by atoms with E-state index in [1.807, 2.05) is 20.8 Å². The summed E-state index contributed by atoms with van der Waals surface area (Å²) in [5.41, 5.74) is -0.160. The van der Waals surface area contributed by atoms with Crippen LogP contribution in [0.3, 0.4) is 0 Å². The predicted molar refractivity (Wildman–Crippen MR) is 81.3 cm³/mol. The molecule has 0 heterocycles. The van der Waals surface area contributed by atoms with E-state index in [2.05, 4.69) is 39.9 Å². The van der Waals surface area contributed by atoms with Crippen molar-refractivity contribution < 1.29 is 9.53 Å². The van der Waals surface area contributed by atoms with Crippen LogP contribution in [0.5, 0.6) is 0 Å². The maximum atomic E-state index is 11.6. The van der Waals surface area contributed by atoms with Crippen LogP contribution in [0.15, 0.2) is 0 Å². The third-order valence-electron chi connectivity index (χ3n) is 4.27. The Hall–Kier alpha value is -0.730. The van der Waals surface area contributed by atoms with Crippen molar-refractivity contribution in [3.8, 4) is 0 Å². The molecule has 1 unspecified atom stereocenters. The SMILES string of the molecule is CCC(C)(CCNC(=O)OC(C)(C)C)[C@H](C)C(C)C. The van der Waals surface area contributed by atoms with Crippen LogP contribution < -0.4 is 5.32 Å². The van der Waals surface area contributed by atoms with Crippen molar-refractivity contribution in [3.05, 3.63) is 0 Å². The topological polar surface area (TPSA) is 38.3 Å². The van der Waals surface area contributed by atoms with Gasteiger partial charge in [0.25, 0.3) is 0 Å². The second kappa shape index (κ2) is 7.16. The van der Waals surface area contributed by atoms with E-state index in [4.69, 9.17) is 4.74 Å². The summed E-state index contributed by atoms with van der Waals surface area (Å²) in [6, 6.07) is 0. The average molecular weight is 271 g/mol. The van der Waals surface area contributed by atoms with Crippen molar-refractivity contribution in [1.29, 1.82) is 0 Å². The molecule has 0 bridgehead atoms. The Kier molecular flexibility index (Phi) is 6.88. The van der Waals surface area contributed by atoms with Crippen LogP contribution in [-0.2, 0) is 4.74 Å². The van der Waals surface area contributed by atoms with Crippen molar-refractivity contribution in [3.63, 3.8) is 0 Å². The number of amides is 1. The van der Waals surface area contributed by atoms with Crippen LogP contribution in [0.1, 0.15) is 68.2 Å². The molecule has 0 aliphatic heterocycles. The zero-order valence-corrected chi connectivity index (χ0v) is 14.1. The van der Waals surface area contributed by atoms with Gasteiger partial charge in [-0.25, -0.2) is 4.79 Å². The fourth-order valence-corrected chi connectivity index (χ4v) is 2.30. The molecule has 0 saturated heterocycles. The highest BCUT2D eigenvalue weighted by atomic mass is 16.6. The van der Waals surface area contributed by atoms with Gasteiger partial charge in [0.2, 0.25) is 0 Å². The van der Waals surface area contributed by atoms with E-state index in [-0.39, 0.29) is 11.5 Å². The summed E-state index contributed by atoms with van der Waals surface area (Å²) in [7, 11) is 0. The summed E-state index contributed by atoms with van der Waals surface area (Å²) >= 11 is 0. The number of ether oxygens (including phenoxy) is 1. The highest BCUT2D eigenvalue weighted by Crippen LogP contribution is 2.38. The van der Waals surface area contributed by atoms with Crippen LogP contribution in [0.4, 0.5) is 4.79 Å². The van der Waals surface area contributed by atoms with E-state index in [1.165, 1.54) is 0 Å². The van der Waals surface area contributed by atoms with Gasteiger partial charge >= 0.3 is 6.09 Å². The Bertz CT molecular complexity index is 281. The van der Waals surface area contributed by atoms with Gasteiger partial charge in [0, 0.05) is 6.54 Å². The maximum Gasteiger partial charge on any atom is 0.407 e. The first-order valence-electron chi connectivity index (χ1n) is 7.48. The number of carbonyl (C=O) groups is 1. The van der Waals surface area contributed by atoms with Gasteiger partial charge in [-0.1, -0.05) is 41.0 Å². The number of rotatable bonds is 6. The number of alkyl carbamates (subject to hydrolysis) is 1. The molecule has 2 atom stereocenters. The first-order valence-corrected chi connectivity index (χ1v) is 7.48. The van der Waals surface area contributed by atoms with Gasteiger partial charge in [0.1, 0.15) is 5.60 Å². The zero-order valence-electron chi connectivity index (χ0n) is 14.1. The number of hydrogen-bond acceptors (Lipinski definition) is 2. The minimum Gasteiger partial charge on any atom is -0.444 e. The number of carbonyl (C=O) groups excluding carboxylic acids is 1. The molecule has 0 rings (SSSR count). The minimum atomic E-state index is -0.427. The first-order chi connectivity index (χ1) is 8.52. The van der Waals surface area contributed by atoms with E-state index in [0.29, 0.717) is 18.4 Å². The predicted octanol–water partition coefficient (Wildman–Crippen LogP) is 4.61. The van der Waals surface area contributed by atoms with Crippen LogP contribution in [0, 0.1) is 17.3 Å². The largest absolute Gasteiger partial charge is 0.444 e. The highest BCUT2D eigenvalue weighted by Gasteiger charge is 2.31. The molecular weight excluding hydrogens is 238 g/mol. The third-order valence-corrected chi connectivity index (χ3v) is 4.27. The van der Waals surface area contributed by atoms with Crippen LogP contribution in [-0.4, -0.2) is 18.2 Å². The quantitative estimate of drug-likeness (QED) is 0.766. The molecule has 0 aromatic carbocycles. The van der Waals surface area contributed by atoms with Gasteiger partial charge < -0.3 is 10.1 Å². The van der Waals surface area contributed by atoms with Crippen molar-refractivity contribution in [2.75, 3.05) is 6.54 Å². The molecule has 1 N–H and O–H groups in total. The maximum absolute atomic E-state index is 11.6. The van der Waals surface area contributed by atoms with Gasteiger partial charge in [-0.2, -0.15) is 0 Å². The molecule has 114 valence electrons. The van der Waals surface area contributed by atoms with E-state index in [0.717, 1.165) is 12.8 Å². The standard InChI is InChI=1S/C16H33NO2/c1-9-16(8,13(4)12(2)3)10-11-17-14(18)19-15(5,6)7/h12-13H,9-11H2,1-8H3,(H,17,18)/t13-,16?/m1/s1. The van der Waals surface area contributed by atoms with Gasteiger partial charge in [-0.3, -0.25) is 0 Å². The summed E-state index contributed by atoms with van der Waals surface area (Å²) in [5.74, 6) is 1.30. The highest BCUT2D eigenvalue weighted by molar-refractivity contribution is 5.67. The van der Waals surface area contributed by atoms with E-state index in [9.17, 15) is 4.79 Å². The molecule has 1 amide bonds. The molecule has 0 saturated carbocycles. The third kappa shape index (κ3) is 6.84. The van der Waals surface area contributed by atoms with E-state index >= 15 is 0 Å². The van der Waals surface area contributed by atoms with Crippen molar-refractivity contribution in [2.24, 2.45) is 17.3 Å². The average Bonchev–Trinajstić information content (AvgIpc) is 2.25. The van der Waals surface area contributed by atoms with Crippen LogP contribution in [0.25, 0.3) is 0 Å². The molecular formula is C16H33NO2. The molecule has 3 nitrogen and oxygen atoms in total. The van der Waals surface area contributed by atoms with Crippen molar-refractivity contribution in [2.45, 2.75) is 73.8 Å². The fourth-order valence-electron chi connectivity index (χ4n) is 2.30. The lowest BCUT2D eigenvalue weighted by Crippen LogP contribution is -2.37. The number of nitrogens with one attached hydrogen (secondary N) is 1. The Morgan fingerprint density at radius 1 is 1.16 bits per heavy atom. The normalized spacial score (nSPS) is 16.9. The summed E-state index contributed by atoms with van der Waals surface area (Å²) in [6.45, 7) is 17.7. The second-order valence-electron chi connectivity index (χ2n) is 7.22. The molecule has 0 aromatic rings. The molecule has 19 heavy (non-hydrogen) atoms. The van der Waals surface area contributed by atoms with Crippen molar-refractivity contribution >= 4 is 6.09 Å².